The standard InChI is InChI=1S/C18H20O4/c19-13(7-6-12-4-2-1-3-5-12)8-9-14-15-10-18(21)22-17(15)11-16(14)20/h1-5,8-9,14-17,20H,6-7,10-11H2/b9-8+/t14-,15-,16-,17+/m1/s1. The van der Waals surface area contributed by atoms with Gasteiger partial charge in [-0.05, 0) is 18.1 Å². The van der Waals surface area contributed by atoms with Crippen LogP contribution in [-0.4, -0.2) is 29.1 Å². The molecule has 1 saturated heterocycles. The van der Waals surface area contributed by atoms with Crippen LogP contribution < -0.4 is 0 Å². The van der Waals surface area contributed by atoms with Crippen LogP contribution >= 0.6 is 0 Å². The molecule has 1 N–H and O–H groups in total. The van der Waals surface area contributed by atoms with E-state index in [4.69, 9.17) is 4.74 Å². The van der Waals surface area contributed by atoms with Crippen LogP contribution in [0.5, 0.6) is 0 Å². The maximum Gasteiger partial charge on any atom is 0.306 e. The summed E-state index contributed by atoms with van der Waals surface area (Å²) in [5.74, 6) is -0.293. The number of carbonyl (C=O) groups is 2. The van der Waals surface area contributed by atoms with Crippen LogP contribution in [-0.2, 0) is 20.7 Å². The number of fused-ring (bicyclic) bond motifs is 1. The van der Waals surface area contributed by atoms with E-state index < -0.39 is 6.10 Å². The monoisotopic (exact) mass is 300 g/mol. The van der Waals surface area contributed by atoms with Crippen molar-refractivity contribution in [2.45, 2.75) is 37.9 Å². The highest BCUT2D eigenvalue weighted by Gasteiger charge is 2.48. The molecule has 0 bridgehead atoms. The second-order valence-corrected chi connectivity index (χ2v) is 6.09. The number of esters is 1. The molecule has 116 valence electrons. The number of aliphatic hydroxyl groups is 1. The third-order valence-electron chi connectivity index (χ3n) is 4.58. The molecule has 4 nitrogen and oxygen atoms in total. The fourth-order valence-electron chi connectivity index (χ4n) is 3.40. The van der Waals surface area contributed by atoms with Gasteiger partial charge < -0.3 is 9.84 Å². The maximum atomic E-state index is 12.0. The molecule has 22 heavy (non-hydrogen) atoms. The van der Waals surface area contributed by atoms with Crippen LogP contribution in [0.15, 0.2) is 42.5 Å². The average Bonchev–Trinajstić information content (AvgIpc) is 2.99. The summed E-state index contributed by atoms with van der Waals surface area (Å²) in [5, 5.41) is 10.0. The number of carbonyl (C=O) groups excluding carboxylic acids is 2. The van der Waals surface area contributed by atoms with Gasteiger partial charge in [-0.2, -0.15) is 0 Å². The minimum absolute atomic E-state index is 0.0145. The summed E-state index contributed by atoms with van der Waals surface area (Å²) >= 11 is 0. The Balaban J connectivity index is 1.54. The lowest BCUT2D eigenvalue weighted by molar-refractivity contribution is -0.141. The van der Waals surface area contributed by atoms with E-state index in [-0.39, 0.29) is 29.7 Å². The molecular weight excluding hydrogens is 280 g/mol. The molecule has 1 heterocycles. The van der Waals surface area contributed by atoms with Crippen LogP contribution in [0, 0.1) is 11.8 Å². The van der Waals surface area contributed by atoms with E-state index in [1.165, 1.54) is 0 Å². The Morgan fingerprint density at radius 2 is 2.09 bits per heavy atom. The van der Waals surface area contributed by atoms with Crippen molar-refractivity contribution in [2.24, 2.45) is 11.8 Å². The van der Waals surface area contributed by atoms with E-state index in [9.17, 15) is 14.7 Å². The van der Waals surface area contributed by atoms with Crippen molar-refractivity contribution in [3.63, 3.8) is 0 Å². The van der Waals surface area contributed by atoms with E-state index in [0.717, 1.165) is 5.56 Å². The number of hydrogen-bond donors (Lipinski definition) is 1. The average molecular weight is 300 g/mol. The molecule has 0 amide bonds. The Bertz CT molecular complexity index is 578. The predicted molar refractivity (Wildman–Crippen MR) is 81.0 cm³/mol. The minimum Gasteiger partial charge on any atom is -0.462 e. The van der Waals surface area contributed by atoms with Gasteiger partial charge in [0.2, 0.25) is 0 Å². The first kappa shape index (κ1) is 15.0. The molecule has 1 saturated carbocycles. The third kappa shape index (κ3) is 3.28. The quantitative estimate of drug-likeness (QED) is 0.668. The zero-order chi connectivity index (χ0) is 15.5. The second-order valence-electron chi connectivity index (χ2n) is 6.09. The normalized spacial score (nSPS) is 30.5. The molecule has 0 spiro atoms. The van der Waals surface area contributed by atoms with Gasteiger partial charge in [-0.25, -0.2) is 0 Å². The lowest BCUT2D eigenvalue weighted by Crippen LogP contribution is -2.18. The van der Waals surface area contributed by atoms with Crippen LogP contribution in [0.3, 0.4) is 0 Å². The third-order valence-corrected chi connectivity index (χ3v) is 4.58. The van der Waals surface area contributed by atoms with Gasteiger partial charge in [0.25, 0.3) is 0 Å². The van der Waals surface area contributed by atoms with Gasteiger partial charge in [-0.1, -0.05) is 36.4 Å². The molecule has 3 rings (SSSR count). The molecule has 0 radical (unpaired) electrons. The molecule has 1 aliphatic heterocycles. The van der Waals surface area contributed by atoms with Crippen molar-refractivity contribution < 1.29 is 19.4 Å². The fourth-order valence-corrected chi connectivity index (χ4v) is 3.40. The Kier molecular flexibility index (Phi) is 4.39. The Morgan fingerprint density at radius 1 is 1.32 bits per heavy atom. The molecule has 1 aromatic carbocycles. The summed E-state index contributed by atoms with van der Waals surface area (Å²) in [6, 6.07) is 9.88. The van der Waals surface area contributed by atoms with Crippen molar-refractivity contribution in [3.05, 3.63) is 48.0 Å². The van der Waals surface area contributed by atoms with Gasteiger partial charge in [0.05, 0.1) is 12.5 Å². The van der Waals surface area contributed by atoms with Crippen molar-refractivity contribution in [1.82, 2.24) is 0 Å². The van der Waals surface area contributed by atoms with Crippen LogP contribution in [0.25, 0.3) is 0 Å². The van der Waals surface area contributed by atoms with Gasteiger partial charge in [0.1, 0.15) is 6.10 Å². The number of aryl methyl sites for hydroxylation is 1. The SMILES string of the molecule is O=C(/C=C/[C@@H]1[C@H]2CC(=O)O[C@H]2C[C@H]1O)CCc1ccccc1. The number of hydrogen-bond acceptors (Lipinski definition) is 4. The van der Waals surface area contributed by atoms with E-state index in [1.54, 1.807) is 12.2 Å². The van der Waals surface area contributed by atoms with Gasteiger partial charge in [-0.15, -0.1) is 0 Å². The zero-order valence-corrected chi connectivity index (χ0v) is 12.4. The Morgan fingerprint density at radius 3 is 2.86 bits per heavy atom. The van der Waals surface area contributed by atoms with Crippen molar-refractivity contribution in [1.29, 1.82) is 0 Å². The first-order chi connectivity index (χ1) is 10.6. The molecule has 4 heteroatoms. The number of allylic oxidation sites excluding steroid dienone is 1. The smallest absolute Gasteiger partial charge is 0.306 e. The van der Waals surface area contributed by atoms with Crippen LogP contribution in [0.1, 0.15) is 24.8 Å². The topological polar surface area (TPSA) is 63.6 Å². The highest BCUT2D eigenvalue weighted by molar-refractivity contribution is 5.89. The van der Waals surface area contributed by atoms with Crippen LogP contribution in [0.2, 0.25) is 0 Å². The molecule has 2 aliphatic rings. The Labute approximate surface area is 129 Å². The number of ether oxygens (including phenoxy) is 1. The van der Waals surface area contributed by atoms with E-state index in [1.807, 2.05) is 30.3 Å². The predicted octanol–water partition coefficient (Wildman–Crippen LogP) is 2.06. The zero-order valence-electron chi connectivity index (χ0n) is 12.4. The van der Waals surface area contributed by atoms with E-state index in [2.05, 4.69) is 0 Å². The summed E-state index contributed by atoms with van der Waals surface area (Å²) in [7, 11) is 0. The summed E-state index contributed by atoms with van der Waals surface area (Å²) in [6.07, 6.45) is 4.60. The van der Waals surface area contributed by atoms with Gasteiger partial charge in [-0.3, -0.25) is 9.59 Å². The highest BCUT2D eigenvalue weighted by Crippen LogP contribution is 2.41. The molecule has 0 aromatic heterocycles. The number of rotatable bonds is 5. The van der Waals surface area contributed by atoms with Crippen molar-refractivity contribution in [2.75, 3.05) is 0 Å². The summed E-state index contributed by atoms with van der Waals surface area (Å²) < 4.78 is 5.18. The first-order valence-corrected chi connectivity index (χ1v) is 7.76. The van der Waals surface area contributed by atoms with Gasteiger partial charge in [0, 0.05) is 24.7 Å². The molecule has 1 aliphatic carbocycles. The fraction of sp³-hybridized carbons (Fsp3) is 0.444. The minimum atomic E-state index is -0.527. The summed E-state index contributed by atoms with van der Waals surface area (Å²) in [5.41, 5.74) is 1.14. The first-order valence-electron chi connectivity index (χ1n) is 7.76. The molecule has 4 atom stereocenters. The second kappa shape index (κ2) is 6.44. The van der Waals surface area contributed by atoms with Crippen LogP contribution in [0.4, 0.5) is 0 Å². The van der Waals surface area contributed by atoms with Crippen molar-refractivity contribution in [3.8, 4) is 0 Å². The number of ketones is 1. The lowest BCUT2D eigenvalue weighted by atomic mass is 9.91. The lowest BCUT2D eigenvalue weighted by Gasteiger charge is -2.14. The Hall–Kier alpha value is -1.94. The highest BCUT2D eigenvalue weighted by atomic mass is 16.6. The molecular formula is C18H20O4. The molecule has 2 fully saturated rings. The largest absolute Gasteiger partial charge is 0.462 e. The number of aliphatic hydroxyl groups excluding tert-OH is 1. The maximum absolute atomic E-state index is 12.0. The van der Waals surface area contributed by atoms with Gasteiger partial charge >= 0.3 is 5.97 Å². The van der Waals surface area contributed by atoms with E-state index >= 15 is 0 Å². The summed E-state index contributed by atoms with van der Waals surface area (Å²) in [6.45, 7) is 0. The summed E-state index contributed by atoms with van der Waals surface area (Å²) in [4.78, 5) is 23.3. The van der Waals surface area contributed by atoms with Gasteiger partial charge in [0.15, 0.2) is 5.78 Å². The van der Waals surface area contributed by atoms with Crippen molar-refractivity contribution >= 4 is 11.8 Å². The number of benzene rings is 1. The molecule has 0 unspecified atom stereocenters. The molecule has 1 aromatic rings. The van der Waals surface area contributed by atoms with E-state index in [0.29, 0.717) is 25.7 Å².